The molecule has 0 fully saturated rings. The normalized spacial score (nSPS) is 7.55. The first kappa shape index (κ1) is 22.8. The molecule has 114 valence electrons. The van der Waals surface area contributed by atoms with E-state index in [-0.39, 0.29) is 17.5 Å². The number of hydrogen-bond donors (Lipinski definition) is 1. The van der Waals surface area contributed by atoms with Crippen LogP contribution < -0.4 is 0 Å². The van der Waals surface area contributed by atoms with Crippen LogP contribution in [0.15, 0.2) is 37.5 Å². The Balaban J connectivity index is -0.000000218. The molecular formula is C14H22O6. The third-order valence-corrected chi connectivity index (χ3v) is 1.27. The van der Waals surface area contributed by atoms with Gasteiger partial charge in [0.1, 0.15) is 0 Å². The average Bonchev–Trinajstić information content (AvgIpc) is 2.40. The molecular weight excluding hydrogens is 264 g/mol. The summed E-state index contributed by atoms with van der Waals surface area (Å²) in [6.45, 7) is 15.4. The Morgan fingerprint density at radius 3 is 1.30 bits per heavy atom. The van der Waals surface area contributed by atoms with Gasteiger partial charge in [-0.25, -0.2) is 14.4 Å². The van der Waals surface area contributed by atoms with Gasteiger partial charge < -0.3 is 14.6 Å². The molecule has 0 aliphatic carbocycles. The van der Waals surface area contributed by atoms with E-state index < -0.39 is 5.97 Å². The summed E-state index contributed by atoms with van der Waals surface area (Å²) in [6, 6.07) is 0. The van der Waals surface area contributed by atoms with Crippen molar-refractivity contribution in [1.29, 1.82) is 0 Å². The van der Waals surface area contributed by atoms with Crippen LogP contribution in [0.3, 0.4) is 0 Å². The van der Waals surface area contributed by atoms with Crippen LogP contribution in [0.4, 0.5) is 0 Å². The molecule has 20 heavy (non-hydrogen) atoms. The van der Waals surface area contributed by atoms with E-state index in [9.17, 15) is 14.4 Å². The van der Waals surface area contributed by atoms with Crippen molar-refractivity contribution in [3.63, 3.8) is 0 Å². The maximum absolute atomic E-state index is 10.1. The number of hydrogen-bond acceptors (Lipinski definition) is 5. The third kappa shape index (κ3) is 24.7. The van der Waals surface area contributed by atoms with Crippen molar-refractivity contribution in [3.8, 4) is 0 Å². The SMILES string of the molecule is C=C(C)C(=O)O.C=CC(=O)OCC.C=CC(=O)OCC. The number of carbonyl (C=O) groups excluding carboxylic acids is 2. The van der Waals surface area contributed by atoms with Crippen molar-refractivity contribution in [2.75, 3.05) is 13.2 Å². The molecule has 0 aromatic rings. The van der Waals surface area contributed by atoms with E-state index in [1.807, 2.05) is 0 Å². The minimum atomic E-state index is -0.935. The van der Waals surface area contributed by atoms with E-state index in [2.05, 4.69) is 29.2 Å². The van der Waals surface area contributed by atoms with Gasteiger partial charge in [0.25, 0.3) is 0 Å². The fourth-order valence-electron chi connectivity index (χ4n) is 0.402. The van der Waals surface area contributed by atoms with E-state index in [4.69, 9.17) is 5.11 Å². The molecule has 0 saturated heterocycles. The molecule has 0 saturated carbocycles. The minimum absolute atomic E-state index is 0.176. The van der Waals surface area contributed by atoms with Gasteiger partial charge in [-0.1, -0.05) is 19.7 Å². The standard InChI is InChI=1S/2C5H8O2.C4H6O2/c2*1-3-5(6)7-4-2;1-3(2)4(5)6/h2*3H,1,4H2,2H3;1H2,2H3,(H,5,6). The van der Waals surface area contributed by atoms with Crippen LogP contribution in [-0.4, -0.2) is 36.2 Å². The molecule has 6 nitrogen and oxygen atoms in total. The number of aliphatic carboxylic acids is 1. The average molecular weight is 286 g/mol. The molecule has 0 spiro atoms. The zero-order chi connectivity index (χ0) is 16.6. The number of carbonyl (C=O) groups is 3. The summed E-state index contributed by atoms with van der Waals surface area (Å²) in [7, 11) is 0. The van der Waals surface area contributed by atoms with Crippen LogP contribution in [0.2, 0.25) is 0 Å². The molecule has 0 aromatic heterocycles. The van der Waals surface area contributed by atoms with Crippen molar-refractivity contribution in [3.05, 3.63) is 37.5 Å². The smallest absolute Gasteiger partial charge is 0.330 e. The van der Waals surface area contributed by atoms with Gasteiger partial charge in [-0.05, 0) is 20.8 Å². The second-order valence-electron chi connectivity index (χ2n) is 3.00. The molecule has 0 unspecified atom stereocenters. The topological polar surface area (TPSA) is 89.9 Å². The predicted molar refractivity (Wildman–Crippen MR) is 76.1 cm³/mol. The van der Waals surface area contributed by atoms with E-state index in [0.29, 0.717) is 13.2 Å². The summed E-state index contributed by atoms with van der Waals surface area (Å²) in [4.78, 5) is 29.7. The van der Waals surface area contributed by atoms with Crippen LogP contribution in [0, 0.1) is 0 Å². The number of rotatable bonds is 5. The first-order valence-corrected chi connectivity index (χ1v) is 5.73. The summed E-state index contributed by atoms with van der Waals surface area (Å²) < 4.78 is 8.87. The van der Waals surface area contributed by atoms with Gasteiger partial charge in [0.05, 0.1) is 13.2 Å². The summed E-state index contributed by atoms with van der Waals surface area (Å²) in [5, 5.41) is 7.89. The summed E-state index contributed by atoms with van der Waals surface area (Å²) in [5.74, 6) is -1.65. The van der Waals surface area contributed by atoms with E-state index in [1.165, 1.54) is 6.92 Å². The second kappa shape index (κ2) is 16.6. The largest absolute Gasteiger partial charge is 0.478 e. The quantitative estimate of drug-likeness (QED) is 0.615. The van der Waals surface area contributed by atoms with Crippen molar-refractivity contribution in [1.82, 2.24) is 0 Å². The zero-order valence-electron chi connectivity index (χ0n) is 12.2. The van der Waals surface area contributed by atoms with Crippen molar-refractivity contribution in [2.24, 2.45) is 0 Å². The number of carboxylic acids is 1. The highest BCUT2D eigenvalue weighted by molar-refractivity contribution is 5.84. The van der Waals surface area contributed by atoms with E-state index in [1.54, 1.807) is 13.8 Å². The number of carboxylic acid groups (broad SMARTS) is 1. The molecule has 0 aliphatic rings. The lowest BCUT2D eigenvalue weighted by molar-refractivity contribution is -0.138. The Morgan fingerprint density at radius 2 is 1.25 bits per heavy atom. The Morgan fingerprint density at radius 1 is 1.00 bits per heavy atom. The molecule has 0 amide bonds. The Hall–Kier alpha value is -2.37. The maximum Gasteiger partial charge on any atom is 0.330 e. The first-order valence-electron chi connectivity index (χ1n) is 5.73. The highest BCUT2D eigenvalue weighted by Gasteiger charge is 1.90. The van der Waals surface area contributed by atoms with Gasteiger partial charge in [-0.3, -0.25) is 0 Å². The molecule has 0 bridgehead atoms. The summed E-state index contributed by atoms with van der Waals surface area (Å²) in [5.41, 5.74) is 0.176. The van der Waals surface area contributed by atoms with Gasteiger partial charge in [-0.15, -0.1) is 0 Å². The Labute approximate surface area is 119 Å². The Kier molecular flexibility index (Phi) is 18.9. The molecule has 0 rings (SSSR count). The van der Waals surface area contributed by atoms with Gasteiger partial charge in [0.2, 0.25) is 0 Å². The van der Waals surface area contributed by atoms with E-state index >= 15 is 0 Å². The Bertz CT molecular complexity index is 310. The molecule has 0 heterocycles. The number of ether oxygens (including phenoxy) is 2. The molecule has 6 heteroatoms. The fourth-order valence-corrected chi connectivity index (χ4v) is 0.402. The minimum Gasteiger partial charge on any atom is -0.478 e. The summed E-state index contributed by atoms with van der Waals surface area (Å²) in [6.07, 6.45) is 2.28. The van der Waals surface area contributed by atoms with Crippen LogP contribution in [0.5, 0.6) is 0 Å². The third-order valence-electron chi connectivity index (χ3n) is 1.27. The fraction of sp³-hybridized carbons (Fsp3) is 0.357. The molecule has 1 N–H and O–H groups in total. The highest BCUT2D eigenvalue weighted by atomic mass is 16.5. The lowest BCUT2D eigenvalue weighted by Gasteiger charge is -1.90. The van der Waals surface area contributed by atoms with Gasteiger partial charge in [0, 0.05) is 17.7 Å². The second-order valence-corrected chi connectivity index (χ2v) is 3.00. The summed E-state index contributed by atoms with van der Waals surface area (Å²) >= 11 is 0. The van der Waals surface area contributed by atoms with Gasteiger partial charge in [0.15, 0.2) is 0 Å². The van der Waals surface area contributed by atoms with Crippen molar-refractivity contribution in [2.45, 2.75) is 20.8 Å². The lowest BCUT2D eigenvalue weighted by Crippen LogP contribution is -1.97. The van der Waals surface area contributed by atoms with Crippen LogP contribution >= 0.6 is 0 Å². The van der Waals surface area contributed by atoms with Crippen LogP contribution in [-0.2, 0) is 23.9 Å². The lowest BCUT2D eigenvalue weighted by atomic mass is 10.4. The molecule has 0 radical (unpaired) electrons. The van der Waals surface area contributed by atoms with Gasteiger partial charge >= 0.3 is 17.9 Å². The molecule has 0 aromatic carbocycles. The van der Waals surface area contributed by atoms with Crippen molar-refractivity contribution < 1.29 is 29.0 Å². The van der Waals surface area contributed by atoms with Crippen LogP contribution in [0.1, 0.15) is 20.8 Å². The van der Waals surface area contributed by atoms with E-state index in [0.717, 1.165) is 12.2 Å². The highest BCUT2D eigenvalue weighted by Crippen LogP contribution is 1.81. The molecule has 0 atom stereocenters. The van der Waals surface area contributed by atoms with Gasteiger partial charge in [-0.2, -0.15) is 0 Å². The van der Waals surface area contributed by atoms with Crippen LogP contribution in [0.25, 0.3) is 0 Å². The monoisotopic (exact) mass is 286 g/mol. The molecule has 0 aliphatic heterocycles. The predicted octanol–water partition coefficient (Wildman–Crippen LogP) is 2.12. The zero-order valence-corrected chi connectivity index (χ0v) is 12.2. The van der Waals surface area contributed by atoms with Crippen molar-refractivity contribution >= 4 is 17.9 Å². The number of esters is 2. The maximum atomic E-state index is 10.1. The first-order chi connectivity index (χ1) is 9.26.